The summed E-state index contributed by atoms with van der Waals surface area (Å²) in [6.07, 6.45) is -0.109. The van der Waals surface area contributed by atoms with Gasteiger partial charge in [0.2, 0.25) is 12.2 Å². The second-order valence-corrected chi connectivity index (χ2v) is 10.3. The van der Waals surface area contributed by atoms with Crippen molar-refractivity contribution in [3.8, 4) is 0 Å². The number of hydrogen-bond acceptors (Lipinski definition) is 7. The van der Waals surface area contributed by atoms with Gasteiger partial charge in [-0.25, -0.2) is 0 Å². The van der Waals surface area contributed by atoms with Crippen molar-refractivity contribution in [2.24, 2.45) is 11.8 Å². The van der Waals surface area contributed by atoms with E-state index in [1.807, 2.05) is 13.8 Å². The van der Waals surface area contributed by atoms with Gasteiger partial charge in [0, 0.05) is 24.7 Å². The minimum Gasteiger partial charge on any atom is -0.448 e. The fraction of sp³-hybridized carbons (Fsp3) is 0.750. The van der Waals surface area contributed by atoms with E-state index >= 15 is 0 Å². The van der Waals surface area contributed by atoms with E-state index in [0.717, 1.165) is 11.1 Å². The summed E-state index contributed by atoms with van der Waals surface area (Å²) in [5, 5.41) is 16.9. The van der Waals surface area contributed by atoms with Crippen LogP contribution in [0.1, 0.15) is 26.7 Å². The molecule has 7 nitrogen and oxygen atoms in total. The first-order valence-corrected chi connectivity index (χ1v) is 11.0. The first-order valence-electron chi connectivity index (χ1n) is 9.87. The van der Waals surface area contributed by atoms with Crippen molar-refractivity contribution in [1.82, 2.24) is 0 Å². The van der Waals surface area contributed by atoms with Gasteiger partial charge in [-0.1, -0.05) is 48.0 Å². The van der Waals surface area contributed by atoms with E-state index in [9.17, 15) is 5.11 Å². The SMILES string of the molecule is C=C1COC2C(C)OC(O)CC12.C=C1COC2C(C)OC(OC(=N)C(Cl)(Cl)Cl)CC12. The Balaban J connectivity index is 0.000000184. The minimum absolute atomic E-state index is 0.000652. The normalized spacial score (nSPS) is 40.9. The number of aliphatic hydroxyl groups is 1. The topological polar surface area (TPSA) is 90.2 Å². The lowest BCUT2D eigenvalue weighted by atomic mass is 9.89. The van der Waals surface area contributed by atoms with Gasteiger partial charge in [-0.3, -0.25) is 5.41 Å². The smallest absolute Gasteiger partial charge is 0.265 e. The lowest BCUT2D eigenvalue weighted by Crippen LogP contribution is -2.44. The molecule has 30 heavy (non-hydrogen) atoms. The molecular weight excluding hydrogens is 457 g/mol. The highest BCUT2D eigenvalue weighted by molar-refractivity contribution is 6.76. The van der Waals surface area contributed by atoms with Gasteiger partial charge in [0.05, 0.1) is 37.6 Å². The summed E-state index contributed by atoms with van der Waals surface area (Å²) in [6.45, 7) is 12.9. The highest BCUT2D eigenvalue weighted by Crippen LogP contribution is 2.39. The zero-order valence-electron chi connectivity index (χ0n) is 17.0. The Morgan fingerprint density at radius 1 is 1.00 bits per heavy atom. The van der Waals surface area contributed by atoms with Crippen LogP contribution >= 0.6 is 34.8 Å². The number of nitrogens with one attached hydrogen (secondary N) is 1. The maximum Gasteiger partial charge on any atom is 0.265 e. The third-order valence-electron chi connectivity index (χ3n) is 5.84. The molecule has 2 N–H and O–H groups in total. The van der Waals surface area contributed by atoms with Gasteiger partial charge in [0.15, 0.2) is 6.29 Å². The van der Waals surface area contributed by atoms with Crippen LogP contribution in [0.5, 0.6) is 0 Å². The number of alkyl halides is 3. The first-order chi connectivity index (χ1) is 14.0. The second kappa shape index (κ2) is 9.63. The van der Waals surface area contributed by atoms with Gasteiger partial charge >= 0.3 is 0 Å². The van der Waals surface area contributed by atoms with E-state index < -0.39 is 22.3 Å². The number of halogens is 3. The van der Waals surface area contributed by atoms with Gasteiger partial charge in [0.1, 0.15) is 0 Å². The molecule has 0 radical (unpaired) electrons. The molecule has 0 aromatic rings. The van der Waals surface area contributed by atoms with E-state index in [1.165, 1.54) is 0 Å². The molecule has 170 valence electrons. The van der Waals surface area contributed by atoms with Gasteiger partial charge in [-0.2, -0.15) is 0 Å². The molecule has 4 aliphatic rings. The third-order valence-corrected chi connectivity index (χ3v) is 6.35. The van der Waals surface area contributed by atoms with Crippen LogP contribution in [0.4, 0.5) is 0 Å². The predicted molar refractivity (Wildman–Crippen MR) is 114 cm³/mol. The number of fused-ring (bicyclic) bond motifs is 2. The van der Waals surface area contributed by atoms with Crippen LogP contribution in [0.3, 0.4) is 0 Å². The van der Waals surface area contributed by atoms with Crippen LogP contribution in [-0.2, 0) is 23.7 Å². The predicted octanol–water partition coefficient (Wildman–Crippen LogP) is 3.74. The summed E-state index contributed by atoms with van der Waals surface area (Å²) in [7, 11) is 0. The first kappa shape index (κ1) is 24.3. The summed E-state index contributed by atoms with van der Waals surface area (Å²) in [4.78, 5) is 0. The molecule has 8 atom stereocenters. The summed E-state index contributed by atoms with van der Waals surface area (Å²) in [6, 6.07) is 0. The average Bonchev–Trinajstić information content (AvgIpc) is 3.19. The molecule has 8 unspecified atom stereocenters. The quantitative estimate of drug-likeness (QED) is 0.255. The maximum absolute atomic E-state index is 9.33. The maximum atomic E-state index is 9.33. The number of aliphatic hydroxyl groups excluding tert-OH is 1. The Morgan fingerprint density at radius 2 is 1.50 bits per heavy atom. The van der Waals surface area contributed by atoms with Crippen LogP contribution in [0, 0.1) is 17.2 Å². The summed E-state index contributed by atoms with van der Waals surface area (Å²) >= 11 is 16.7. The summed E-state index contributed by atoms with van der Waals surface area (Å²) < 4.78 is 25.3. The molecule has 4 rings (SSSR count). The van der Waals surface area contributed by atoms with Crippen LogP contribution in [0.25, 0.3) is 0 Å². The molecule has 0 bridgehead atoms. The molecule has 0 saturated carbocycles. The Bertz CT molecular complexity index is 684. The van der Waals surface area contributed by atoms with Gasteiger partial charge < -0.3 is 28.8 Å². The highest BCUT2D eigenvalue weighted by atomic mass is 35.6. The van der Waals surface area contributed by atoms with Crippen molar-refractivity contribution in [3.63, 3.8) is 0 Å². The summed E-state index contributed by atoms with van der Waals surface area (Å²) in [5.41, 5.74) is 2.11. The zero-order valence-corrected chi connectivity index (χ0v) is 19.3. The third kappa shape index (κ3) is 5.51. The molecule has 0 aromatic heterocycles. The molecule has 10 heteroatoms. The van der Waals surface area contributed by atoms with Crippen molar-refractivity contribution < 1.29 is 28.8 Å². The van der Waals surface area contributed by atoms with Gasteiger partial charge in [-0.05, 0) is 25.0 Å². The van der Waals surface area contributed by atoms with Crippen molar-refractivity contribution in [2.75, 3.05) is 13.2 Å². The molecule has 0 spiro atoms. The van der Waals surface area contributed by atoms with E-state index in [4.69, 9.17) is 63.9 Å². The largest absolute Gasteiger partial charge is 0.448 e. The molecule has 0 aromatic carbocycles. The number of hydrogen-bond donors (Lipinski definition) is 2. The van der Waals surface area contributed by atoms with E-state index in [1.54, 1.807) is 0 Å². The molecular formula is C20H28Cl3NO6. The minimum atomic E-state index is -1.87. The fourth-order valence-electron chi connectivity index (χ4n) is 4.30. The van der Waals surface area contributed by atoms with Crippen LogP contribution < -0.4 is 0 Å². The Morgan fingerprint density at radius 3 is 2.03 bits per heavy atom. The molecule has 4 saturated heterocycles. The van der Waals surface area contributed by atoms with Crippen molar-refractivity contribution in [2.45, 2.75) is 67.5 Å². The van der Waals surface area contributed by atoms with Crippen LogP contribution in [0.15, 0.2) is 24.3 Å². The van der Waals surface area contributed by atoms with E-state index in [0.29, 0.717) is 32.0 Å². The Labute approximate surface area is 191 Å². The fourth-order valence-corrected chi connectivity index (χ4v) is 4.43. The molecule has 0 aliphatic carbocycles. The lowest BCUT2D eigenvalue weighted by Gasteiger charge is -2.36. The van der Waals surface area contributed by atoms with Crippen LogP contribution in [-0.4, -0.2) is 65.0 Å². The van der Waals surface area contributed by atoms with E-state index in [-0.39, 0.29) is 30.3 Å². The summed E-state index contributed by atoms with van der Waals surface area (Å²) in [5.74, 6) is 0.0263. The number of rotatable bonds is 1. The Kier molecular flexibility index (Phi) is 7.79. The zero-order chi connectivity index (χ0) is 22.2. The lowest BCUT2D eigenvalue weighted by molar-refractivity contribution is -0.203. The molecule has 4 fully saturated rings. The molecule has 0 amide bonds. The molecule has 4 heterocycles. The highest BCUT2D eigenvalue weighted by Gasteiger charge is 2.44. The average molecular weight is 485 g/mol. The van der Waals surface area contributed by atoms with Crippen molar-refractivity contribution in [3.05, 3.63) is 24.3 Å². The number of ether oxygens (including phenoxy) is 5. The van der Waals surface area contributed by atoms with Crippen molar-refractivity contribution in [1.29, 1.82) is 5.41 Å². The van der Waals surface area contributed by atoms with E-state index in [2.05, 4.69) is 13.2 Å². The second-order valence-electron chi connectivity index (χ2n) is 8.06. The van der Waals surface area contributed by atoms with Gasteiger partial charge in [-0.15, -0.1) is 0 Å². The molecule has 4 aliphatic heterocycles. The van der Waals surface area contributed by atoms with Crippen molar-refractivity contribution >= 4 is 40.7 Å². The van der Waals surface area contributed by atoms with Gasteiger partial charge in [0.25, 0.3) is 3.79 Å². The Hall–Kier alpha value is -0.380. The standard InChI is InChI=1S/C11H14Cl3NO3.C9H14O3/c1-5-4-16-9-6(2)17-8(3-7(5)9)18-10(15)11(12,13)14;1-5-4-11-9-6(2)12-8(10)3-7(5)9/h6-9,15H,1,3-4H2,2H3;6-10H,1,3-4H2,2H3. The monoisotopic (exact) mass is 483 g/mol. The van der Waals surface area contributed by atoms with Crippen LogP contribution in [0.2, 0.25) is 0 Å².